The molecule has 0 spiro atoms. The summed E-state index contributed by atoms with van der Waals surface area (Å²) in [5.41, 5.74) is 1.15. The average Bonchev–Trinajstić information content (AvgIpc) is 3.57. The molecule has 3 N–H and O–H groups in total. The van der Waals surface area contributed by atoms with Crippen molar-refractivity contribution in [2.24, 2.45) is 5.92 Å². The molecule has 0 unspecified atom stereocenters. The number of aliphatic hydroxyl groups excluding tert-OH is 2. The van der Waals surface area contributed by atoms with Gasteiger partial charge < -0.3 is 30.1 Å². The quantitative estimate of drug-likeness (QED) is 0.605. The highest BCUT2D eigenvalue weighted by Gasteiger charge is 2.44. The largest absolute Gasteiger partial charge is 0.388 e. The fourth-order valence-electron chi connectivity index (χ4n) is 4.01. The SMILES string of the molecule is O=C(NC[C@H]1O[C@@H](CC(=O)N2CCN(c3ccccc3)CC2)[C@H](O)[C@@H]1O)C1CC1. The number of aliphatic hydroxyl groups is 2. The van der Waals surface area contributed by atoms with Gasteiger partial charge in [0, 0.05) is 44.3 Å². The van der Waals surface area contributed by atoms with Crippen molar-refractivity contribution in [3.8, 4) is 0 Å². The van der Waals surface area contributed by atoms with Crippen molar-refractivity contribution < 1.29 is 24.5 Å². The van der Waals surface area contributed by atoms with Crippen LogP contribution in [0.4, 0.5) is 5.69 Å². The smallest absolute Gasteiger partial charge is 0.225 e. The minimum absolute atomic E-state index is 0.0244. The number of hydrogen-bond acceptors (Lipinski definition) is 6. The molecule has 3 aliphatic rings. The summed E-state index contributed by atoms with van der Waals surface area (Å²) in [4.78, 5) is 28.5. The normalized spacial score (nSPS) is 29.7. The number of rotatable bonds is 6. The van der Waals surface area contributed by atoms with Gasteiger partial charge in [0.05, 0.1) is 12.5 Å². The summed E-state index contributed by atoms with van der Waals surface area (Å²) in [7, 11) is 0. The number of amides is 2. The molecule has 1 aromatic rings. The predicted octanol–water partition coefficient (Wildman–Crippen LogP) is -0.259. The molecule has 1 aliphatic carbocycles. The number of nitrogens with zero attached hydrogens (tertiary/aromatic N) is 2. The van der Waals surface area contributed by atoms with Crippen LogP contribution in [-0.2, 0) is 14.3 Å². The van der Waals surface area contributed by atoms with Crippen LogP contribution >= 0.6 is 0 Å². The van der Waals surface area contributed by atoms with E-state index >= 15 is 0 Å². The van der Waals surface area contributed by atoms with E-state index in [4.69, 9.17) is 4.74 Å². The van der Waals surface area contributed by atoms with Crippen LogP contribution < -0.4 is 10.2 Å². The van der Waals surface area contributed by atoms with Crippen molar-refractivity contribution in [2.45, 2.75) is 43.7 Å². The average molecular weight is 403 g/mol. The van der Waals surface area contributed by atoms with Gasteiger partial charge >= 0.3 is 0 Å². The molecule has 8 nitrogen and oxygen atoms in total. The Morgan fingerprint density at radius 1 is 1.00 bits per heavy atom. The monoisotopic (exact) mass is 403 g/mol. The molecule has 8 heteroatoms. The molecule has 1 saturated carbocycles. The molecule has 158 valence electrons. The second-order valence-corrected chi connectivity index (χ2v) is 8.12. The van der Waals surface area contributed by atoms with Gasteiger partial charge in [0.2, 0.25) is 11.8 Å². The number of anilines is 1. The van der Waals surface area contributed by atoms with Crippen molar-refractivity contribution in [1.29, 1.82) is 0 Å². The molecule has 2 aliphatic heterocycles. The molecule has 2 amide bonds. The molecule has 2 saturated heterocycles. The Balaban J connectivity index is 1.24. The Labute approximate surface area is 170 Å². The van der Waals surface area contributed by atoms with E-state index < -0.39 is 24.4 Å². The van der Waals surface area contributed by atoms with Gasteiger partial charge in [-0.1, -0.05) is 18.2 Å². The van der Waals surface area contributed by atoms with Crippen LogP contribution in [0.5, 0.6) is 0 Å². The van der Waals surface area contributed by atoms with Crippen LogP contribution in [0.25, 0.3) is 0 Å². The van der Waals surface area contributed by atoms with Crippen molar-refractivity contribution in [1.82, 2.24) is 10.2 Å². The zero-order valence-corrected chi connectivity index (χ0v) is 16.4. The van der Waals surface area contributed by atoms with Crippen LogP contribution in [0.3, 0.4) is 0 Å². The van der Waals surface area contributed by atoms with Gasteiger partial charge in [-0.2, -0.15) is 0 Å². The Bertz CT molecular complexity index is 718. The summed E-state index contributed by atoms with van der Waals surface area (Å²) in [5, 5.41) is 23.3. The zero-order valence-electron chi connectivity index (χ0n) is 16.4. The van der Waals surface area contributed by atoms with Crippen molar-refractivity contribution in [3.05, 3.63) is 30.3 Å². The highest BCUT2D eigenvalue weighted by molar-refractivity contribution is 5.80. The summed E-state index contributed by atoms with van der Waals surface area (Å²) in [6, 6.07) is 10.1. The number of nitrogens with one attached hydrogen (secondary N) is 1. The van der Waals surface area contributed by atoms with Gasteiger partial charge in [0.25, 0.3) is 0 Å². The van der Waals surface area contributed by atoms with E-state index in [0.717, 1.165) is 31.6 Å². The van der Waals surface area contributed by atoms with Gasteiger partial charge in [-0.15, -0.1) is 0 Å². The maximum atomic E-state index is 12.7. The van der Waals surface area contributed by atoms with E-state index in [0.29, 0.717) is 13.1 Å². The molecule has 0 radical (unpaired) electrons. The van der Waals surface area contributed by atoms with Crippen LogP contribution in [0, 0.1) is 5.92 Å². The standard InChI is InChI=1S/C21H29N3O5/c25-18(24-10-8-23(9-11-24)15-4-2-1-3-5-15)12-16-19(26)20(27)17(29-16)13-22-21(28)14-6-7-14/h1-5,14,16-17,19-20,26-27H,6-13H2,(H,22,28)/t16-,17+,19-,20+/m0/s1. The molecular weight excluding hydrogens is 374 g/mol. The molecule has 0 aromatic heterocycles. The minimum Gasteiger partial charge on any atom is -0.388 e. The summed E-state index contributed by atoms with van der Waals surface area (Å²) in [5.74, 6) is -0.0480. The van der Waals surface area contributed by atoms with Gasteiger partial charge in [-0.25, -0.2) is 0 Å². The van der Waals surface area contributed by atoms with E-state index in [1.54, 1.807) is 4.90 Å². The van der Waals surface area contributed by atoms with Crippen molar-refractivity contribution >= 4 is 17.5 Å². The van der Waals surface area contributed by atoms with E-state index in [2.05, 4.69) is 22.3 Å². The first-order valence-electron chi connectivity index (χ1n) is 10.4. The maximum absolute atomic E-state index is 12.7. The Kier molecular flexibility index (Phi) is 6.03. The topological polar surface area (TPSA) is 102 Å². The number of hydrogen-bond donors (Lipinski definition) is 3. The van der Waals surface area contributed by atoms with Gasteiger partial charge in [-0.05, 0) is 25.0 Å². The highest BCUT2D eigenvalue weighted by Crippen LogP contribution is 2.29. The number of ether oxygens (including phenoxy) is 1. The van der Waals surface area contributed by atoms with Crippen LogP contribution in [0.2, 0.25) is 0 Å². The fraction of sp³-hybridized carbons (Fsp3) is 0.619. The number of carbonyl (C=O) groups excluding carboxylic acids is 2. The summed E-state index contributed by atoms with van der Waals surface area (Å²) < 4.78 is 5.72. The lowest BCUT2D eigenvalue weighted by atomic mass is 10.0. The van der Waals surface area contributed by atoms with E-state index in [-0.39, 0.29) is 30.7 Å². The lowest BCUT2D eigenvalue weighted by Crippen LogP contribution is -2.49. The summed E-state index contributed by atoms with van der Waals surface area (Å²) >= 11 is 0. The van der Waals surface area contributed by atoms with E-state index in [1.165, 1.54) is 0 Å². The molecule has 1 aromatic carbocycles. The molecule has 4 atom stereocenters. The second-order valence-electron chi connectivity index (χ2n) is 8.12. The van der Waals surface area contributed by atoms with Gasteiger partial charge in [0.1, 0.15) is 18.3 Å². The first-order valence-corrected chi connectivity index (χ1v) is 10.4. The van der Waals surface area contributed by atoms with Gasteiger partial charge in [0.15, 0.2) is 0 Å². The third-order valence-electron chi connectivity index (χ3n) is 6.02. The third-order valence-corrected chi connectivity index (χ3v) is 6.02. The van der Waals surface area contributed by atoms with E-state index in [1.807, 2.05) is 18.2 Å². The lowest BCUT2D eigenvalue weighted by Gasteiger charge is -2.36. The molecule has 3 fully saturated rings. The fourth-order valence-corrected chi connectivity index (χ4v) is 4.01. The first-order chi connectivity index (χ1) is 14.0. The number of para-hydroxylation sites is 1. The summed E-state index contributed by atoms with van der Waals surface area (Å²) in [6.07, 6.45) is -1.87. The van der Waals surface area contributed by atoms with Gasteiger partial charge in [-0.3, -0.25) is 9.59 Å². The molecule has 29 heavy (non-hydrogen) atoms. The number of benzene rings is 1. The molecule has 4 rings (SSSR count). The maximum Gasteiger partial charge on any atom is 0.225 e. The van der Waals surface area contributed by atoms with Crippen LogP contribution in [-0.4, -0.2) is 84.1 Å². The number of carbonyl (C=O) groups is 2. The molecule has 2 heterocycles. The van der Waals surface area contributed by atoms with Crippen molar-refractivity contribution in [3.63, 3.8) is 0 Å². The van der Waals surface area contributed by atoms with E-state index in [9.17, 15) is 19.8 Å². The highest BCUT2D eigenvalue weighted by atomic mass is 16.5. The minimum atomic E-state index is -1.13. The summed E-state index contributed by atoms with van der Waals surface area (Å²) in [6.45, 7) is 2.87. The molecule has 0 bridgehead atoms. The first kappa shape index (κ1) is 20.1. The predicted molar refractivity (Wildman–Crippen MR) is 106 cm³/mol. The zero-order chi connectivity index (χ0) is 20.4. The lowest BCUT2D eigenvalue weighted by molar-refractivity contribution is -0.135. The molecular formula is C21H29N3O5. The van der Waals surface area contributed by atoms with Crippen molar-refractivity contribution in [2.75, 3.05) is 37.6 Å². The number of piperazine rings is 1. The Morgan fingerprint density at radius 2 is 1.66 bits per heavy atom. The second kappa shape index (κ2) is 8.69. The Morgan fingerprint density at radius 3 is 2.31 bits per heavy atom. The third kappa shape index (κ3) is 4.71. The van der Waals surface area contributed by atoms with Crippen LogP contribution in [0.1, 0.15) is 19.3 Å². The Hall–Kier alpha value is -2.16. The van der Waals surface area contributed by atoms with Crippen LogP contribution in [0.15, 0.2) is 30.3 Å².